The van der Waals surface area contributed by atoms with Crippen LogP contribution in [0.25, 0.3) is 0 Å². The summed E-state index contributed by atoms with van der Waals surface area (Å²) in [4.78, 5) is 0. The molecule has 20 heavy (non-hydrogen) atoms. The third kappa shape index (κ3) is 4.67. The summed E-state index contributed by atoms with van der Waals surface area (Å²) >= 11 is 0. The Kier molecular flexibility index (Phi) is 5.56. The van der Waals surface area contributed by atoms with Gasteiger partial charge in [0, 0.05) is 12.0 Å². The Morgan fingerprint density at radius 3 is 2.60 bits per heavy atom. The Hall–Kier alpha value is -1.87. The van der Waals surface area contributed by atoms with E-state index in [2.05, 4.69) is 17.4 Å². The van der Waals surface area contributed by atoms with Gasteiger partial charge in [-0.05, 0) is 36.8 Å². The van der Waals surface area contributed by atoms with Gasteiger partial charge < -0.3 is 10.1 Å². The fourth-order valence-corrected chi connectivity index (χ4v) is 2.12. The van der Waals surface area contributed by atoms with Crippen molar-refractivity contribution in [1.82, 2.24) is 0 Å². The molecule has 2 nitrogen and oxygen atoms in total. The van der Waals surface area contributed by atoms with Crippen LogP contribution >= 0.6 is 0 Å². The maximum absolute atomic E-state index is 12.8. The maximum Gasteiger partial charge on any atom is 0.123 e. The zero-order chi connectivity index (χ0) is 14.2. The minimum Gasteiger partial charge on any atom is -0.494 e. The second-order valence-electron chi connectivity index (χ2n) is 4.74. The zero-order valence-electron chi connectivity index (χ0n) is 11.8. The van der Waals surface area contributed by atoms with Gasteiger partial charge in [-0.3, -0.25) is 0 Å². The number of rotatable bonds is 7. The van der Waals surface area contributed by atoms with Crippen LogP contribution < -0.4 is 10.1 Å². The SMILES string of the molecule is CCOc1cccc(C[NH2+]CCc2ccc(F)cc2)c1. The topological polar surface area (TPSA) is 25.8 Å². The van der Waals surface area contributed by atoms with Crippen LogP contribution in [0.15, 0.2) is 48.5 Å². The molecule has 2 aromatic rings. The first-order chi connectivity index (χ1) is 9.78. The molecule has 3 heteroatoms. The van der Waals surface area contributed by atoms with Gasteiger partial charge >= 0.3 is 0 Å². The average molecular weight is 274 g/mol. The van der Waals surface area contributed by atoms with Crippen molar-refractivity contribution in [2.45, 2.75) is 19.9 Å². The molecule has 0 saturated carbocycles. The van der Waals surface area contributed by atoms with Crippen LogP contribution in [-0.4, -0.2) is 13.2 Å². The third-order valence-corrected chi connectivity index (χ3v) is 3.14. The summed E-state index contributed by atoms with van der Waals surface area (Å²) in [5, 5.41) is 2.26. The lowest BCUT2D eigenvalue weighted by atomic mass is 10.1. The summed E-state index contributed by atoms with van der Waals surface area (Å²) in [6.07, 6.45) is 0.950. The normalized spacial score (nSPS) is 10.5. The number of hydrogen-bond donors (Lipinski definition) is 1. The van der Waals surface area contributed by atoms with Gasteiger partial charge in [0.1, 0.15) is 18.1 Å². The van der Waals surface area contributed by atoms with E-state index in [4.69, 9.17) is 4.74 Å². The molecular weight excluding hydrogens is 253 g/mol. The van der Waals surface area contributed by atoms with E-state index in [9.17, 15) is 4.39 Å². The van der Waals surface area contributed by atoms with Gasteiger partial charge in [-0.1, -0.05) is 24.3 Å². The number of ether oxygens (including phenoxy) is 1. The quantitative estimate of drug-likeness (QED) is 0.771. The van der Waals surface area contributed by atoms with Crippen LogP contribution in [-0.2, 0) is 13.0 Å². The van der Waals surface area contributed by atoms with Crippen LogP contribution in [0, 0.1) is 5.82 Å². The summed E-state index contributed by atoms with van der Waals surface area (Å²) in [6, 6.07) is 14.9. The molecule has 0 aromatic heterocycles. The Balaban J connectivity index is 1.75. The second kappa shape index (κ2) is 7.65. The van der Waals surface area contributed by atoms with E-state index in [0.717, 1.165) is 25.3 Å². The molecule has 0 amide bonds. The molecule has 106 valence electrons. The first-order valence-electron chi connectivity index (χ1n) is 7.06. The van der Waals surface area contributed by atoms with Gasteiger partial charge in [-0.25, -0.2) is 4.39 Å². The van der Waals surface area contributed by atoms with E-state index in [1.807, 2.05) is 31.2 Å². The lowest BCUT2D eigenvalue weighted by Gasteiger charge is -2.06. The van der Waals surface area contributed by atoms with E-state index >= 15 is 0 Å². The number of halogens is 1. The highest BCUT2D eigenvalue weighted by Crippen LogP contribution is 2.12. The molecule has 0 radical (unpaired) electrons. The summed E-state index contributed by atoms with van der Waals surface area (Å²) in [7, 11) is 0. The van der Waals surface area contributed by atoms with E-state index in [-0.39, 0.29) is 5.82 Å². The van der Waals surface area contributed by atoms with Crippen LogP contribution in [0.1, 0.15) is 18.1 Å². The molecule has 0 unspecified atom stereocenters. The van der Waals surface area contributed by atoms with Gasteiger partial charge in [0.05, 0.1) is 13.2 Å². The monoisotopic (exact) mass is 274 g/mol. The molecular formula is C17H21FNO+. The second-order valence-corrected chi connectivity index (χ2v) is 4.74. The molecule has 0 spiro atoms. The van der Waals surface area contributed by atoms with Crippen molar-refractivity contribution in [3.8, 4) is 5.75 Å². The summed E-state index contributed by atoms with van der Waals surface area (Å²) < 4.78 is 18.3. The smallest absolute Gasteiger partial charge is 0.123 e. The lowest BCUT2D eigenvalue weighted by Crippen LogP contribution is -2.83. The van der Waals surface area contributed by atoms with E-state index in [1.165, 1.54) is 23.3 Å². The number of nitrogens with two attached hydrogens (primary N) is 1. The summed E-state index contributed by atoms with van der Waals surface area (Å²) in [5.74, 6) is 0.752. The molecule has 0 bridgehead atoms. The minimum absolute atomic E-state index is 0.175. The molecule has 2 rings (SSSR count). The number of quaternary nitrogens is 1. The highest BCUT2D eigenvalue weighted by molar-refractivity contribution is 5.27. The first-order valence-corrected chi connectivity index (χ1v) is 7.06. The average Bonchev–Trinajstić information content (AvgIpc) is 2.46. The Morgan fingerprint density at radius 1 is 1.05 bits per heavy atom. The van der Waals surface area contributed by atoms with Gasteiger partial charge in [-0.15, -0.1) is 0 Å². The van der Waals surface area contributed by atoms with E-state index in [1.54, 1.807) is 0 Å². The van der Waals surface area contributed by atoms with Crippen LogP contribution in [0.2, 0.25) is 0 Å². The number of benzene rings is 2. The van der Waals surface area contributed by atoms with Crippen LogP contribution in [0.3, 0.4) is 0 Å². The zero-order valence-corrected chi connectivity index (χ0v) is 11.8. The highest BCUT2D eigenvalue weighted by atomic mass is 19.1. The fourth-order valence-electron chi connectivity index (χ4n) is 2.12. The fraction of sp³-hybridized carbons (Fsp3) is 0.294. The van der Waals surface area contributed by atoms with Crippen LogP contribution in [0.4, 0.5) is 4.39 Å². The first kappa shape index (κ1) is 14.5. The Morgan fingerprint density at radius 2 is 1.85 bits per heavy atom. The maximum atomic E-state index is 12.8. The molecule has 0 aliphatic carbocycles. The van der Waals surface area contributed by atoms with Gasteiger partial charge in [0.25, 0.3) is 0 Å². The van der Waals surface area contributed by atoms with E-state index < -0.39 is 0 Å². The lowest BCUT2D eigenvalue weighted by molar-refractivity contribution is -0.670. The summed E-state index contributed by atoms with van der Waals surface area (Å²) in [6.45, 7) is 4.60. The van der Waals surface area contributed by atoms with Crippen molar-refractivity contribution in [2.75, 3.05) is 13.2 Å². The van der Waals surface area contributed by atoms with Crippen molar-refractivity contribution in [3.05, 3.63) is 65.5 Å². The largest absolute Gasteiger partial charge is 0.494 e. The molecule has 2 N–H and O–H groups in total. The molecule has 0 atom stereocenters. The molecule has 0 saturated heterocycles. The van der Waals surface area contributed by atoms with E-state index in [0.29, 0.717) is 6.61 Å². The molecule has 0 aliphatic rings. The summed E-state index contributed by atoms with van der Waals surface area (Å²) in [5.41, 5.74) is 2.43. The third-order valence-electron chi connectivity index (χ3n) is 3.14. The van der Waals surface area contributed by atoms with Gasteiger partial charge in [0.15, 0.2) is 0 Å². The Labute approximate surface area is 119 Å². The number of hydrogen-bond acceptors (Lipinski definition) is 1. The molecule has 2 aromatic carbocycles. The van der Waals surface area contributed by atoms with Gasteiger partial charge in [-0.2, -0.15) is 0 Å². The predicted octanol–water partition coefficient (Wildman–Crippen LogP) is 2.53. The predicted molar refractivity (Wildman–Crippen MR) is 78.2 cm³/mol. The van der Waals surface area contributed by atoms with Crippen LogP contribution in [0.5, 0.6) is 5.75 Å². The standard InChI is InChI=1S/C17H20FNO/c1-2-20-17-5-3-4-15(12-17)13-19-11-10-14-6-8-16(18)9-7-14/h3-9,12,19H,2,10-11,13H2,1H3/p+1. The van der Waals surface area contributed by atoms with Crippen molar-refractivity contribution in [2.24, 2.45) is 0 Å². The van der Waals surface area contributed by atoms with Crippen molar-refractivity contribution in [3.63, 3.8) is 0 Å². The molecule has 0 heterocycles. The van der Waals surface area contributed by atoms with Crippen molar-refractivity contribution < 1.29 is 14.4 Å². The highest BCUT2D eigenvalue weighted by Gasteiger charge is 2.00. The van der Waals surface area contributed by atoms with Gasteiger partial charge in [0.2, 0.25) is 0 Å². The minimum atomic E-state index is -0.175. The molecule has 0 fully saturated rings. The van der Waals surface area contributed by atoms with Crippen molar-refractivity contribution >= 4 is 0 Å². The molecule has 0 aliphatic heterocycles. The Bertz CT molecular complexity index is 525. The van der Waals surface area contributed by atoms with Crippen molar-refractivity contribution in [1.29, 1.82) is 0 Å².